The maximum Gasteiger partial charge on any atom is 0.261 e. The van der Waals surface area contributed by atoms with Crippen molar-refractivity contribution < 1.29 is 9.53 Å². The summed E-state index contributed by atoms with van der Waals surface area (Å²) in [6.45, 7) is 0. The zero-order valence-electron chi connectivity index (χ0n) is 10.8. The first-order valence-electron chi connectivity index (χ1n) is 6.01. The molecule has 1 aromatic carbocycles. The molecular formula is C14H12N4O2. The summed E-state index contributed by atoms with van der Waals surface area (Å²) in [5.41, 5.74) is 1.93. The van der Waals surface area contributed by atoms with Gasteiger partial charge in [-0.3, -0.25) is 9.89 Å². The van der Waals surface area contributed by atoms with Crippen LogP contribution >= 0.6 is 0 Å². The van der Waals surface area contributed by atoms with Gasteiger partial charge < -0.3 is 10.1 Å². The van der Waals surface area contributed by atoms with E-state index in [-0.39, 0.29) is 5.91 Å². The first kappa shape index (κ1) is 12.2. The Morgan fingerprint density at radius 2 is 2.25 bits per heavy atom. The molecular weight excluding hydrogens is 256 g/mol. The van der Waals surface area contributed by atoms with Crippen LogP contribution in [0.4, 0.5) is 5.69 Å². The predicted molar refractivity (Wildman–Crippen MR) is 74.8 cm³/mol. The SMILES string of the molecule is COc1ncccc1C(=O)Nc1ccc2cn[nH]c2c1. The minimum absolute atomic E-state index is 0.270. The molecule has 0 saturated carbocycles. The number of amides is 1. The van der Waals surface area contributed by atoms with Crippen molar-refractivity contribution in [3.63, 3.8) is 0 Å². The largest absolute Gasteiger partial charge is 0.480 e. The zero-order chi connectivity index (χ0) is 13.9. The van der Waals surface area contributed by atoms with Crippen molar-refractivity contribution in [1.29, 1.82) is 0 Å². The number of carbonyl (C=O) groups excluding carboxylic acids is 1. The van der Waals surface area contributed by atoms with Gasteiger partial charge in [0.1, 0.15) is 5.56 Å². The fourth-order valence-corrected chi connectivity index (χ4v) is 1.94. The lowest BCUT2D eigenvalue weighted by Crippen LogP contribution is -2.13. The smallest absolute Gasteiger partial charge is 0.261 e. The Hall–Kier alpha value is -2.89. The van der Waals surface area contributed by atoms with Gasteiger partial charge in [-0.2, -0.15) is 5.10 Å². The molecule has 100 valence electrons. The zero-order valence-corrected chi connectivity index (χ0v) is 10.8. The average molecular weight is 268 g/mol. The summed E-state index contributed by atoms with van der Waals surface area (Å²) < 4.78 is 5.07. The standard InChI is InChI=1S/C14H12N4O2/c1-20-14-11(3-2-6-15-14)13(19)17-10-5-4-9-8-16-18-12(9)7-10/h2-8H,1H3,(H,16,18)(H,17,19). The van der Waals surface area contributed by atoms with Gasteiger partial charge in [0.05, 0.1) is 18.8 Å². The van der Waals surface area contributed by atoms with Crippen LogP contribution in [0.15, 0.2) is 42.7 Å². The van der Waals surface area contributed by atoms with Gasteiger partial charge in [0, 0.05) is 17.3 Å². The van der Waals surface area contributed by atoms with Crippen molar-refractivity contribution in [2.45, 2.75) is 0 Å². The minimum atomic E-state index is -0.270. The van der Waals surface area contributed by atoms with Gasteiger partial charge in [-0.15, -0.1) is 0 Å². The molecule has 2 heterocycles. The van der Waals surface area contributed by atoms with Crippen LogP contribution in [0.1, 0.15) is 10.4 Å². The average Bonchev–Trinajstić information content (AvgIpc) is 2.94. The highest BCUT2D eigenvalue weighted by Gasteiger charge is 2.13. The monoisotopic (exact) mass is 268 g/mol. The molecule has 0 spiro atoms. The number of anilines is 1. The number of pyridine rings is 1. The third-order valence-corrected chi connectivity index (χ3v) is 2.91. The summed E-state index contributed by atoms with van der Waals surface area (Å²) in [5.74, 6) is 0.0291. The van der Waals surface area contributed by atoms with E-state index in [4.69, 9.17) is 4.74 Å². The van der Waals surface area contributed by atoms with Crippen LogP contribution in [-0.4, -0.2) is 28.2 Å². The quantitative estimate of drug-likeness (QED) is 0.763. The summed E-state index contributed by atoms with van der Waals surface area (Å²) in [5, 5.41) is 10.6. The predicted octanol–water partition coefficient (Wildman–Crippen LogP) is 2.22. The Morgan fingerprint density at radius 1 is 1.35 bits per heavy atom. The molecule has 0 radical (unpaired) electrons. The summed E-state index contributed by atoms with van der Waals surface area (Å²) in [6, 6.07) is 8.88. The fraction of sp³-hybridized carbons (Fsp3) is 0.0714. The number of nitrogens with one attached hydrogen (secondary N) is 2. The number of aromatic amines is 1. The lowest BCUT2D eigenvalue weighted by Gasteiger charge is -2.08. The Morgan fingerprint density at radius 3 is 3.10 bits per heavy atom. The van der Waals surface area contributed by atoms with E-state index in [0.29, 0.717) is 17.1 Å². The van der Waals surface area contributed by atoms with E-state index in [9.17, 15) is 4.79 Å². The number of ether oxygens (including phenoxy) is 1. The van der Waals surface area contributed by atoms with Crippen LogP contribution in [0, 0.1) is 0 Å². The number of rotatable bonds is 3. The second-order valence-electron chi connectivity index (χ2n) is 4.19. The van der Waals surface area contributed by atoms with E-state index in [2.05, 4.69) is 20.5 Å². The molecule has 2 N–H and O–H groups in total. The van der Waals surface area contributed by atoms with E-state index in [1.54, 1.807) is 24.5 Å². The highest BCUT2D eigenvalue weighted by atomic mass is 16.5. The highest BCUT2D eigenvalue weighted by Crippen LogP contribution is 2.19. The molecule has 0 unspecified atom stereocenters. The third kappa shape index (κ3) is 2.18. The van der Waals surface area contributed by atoms with Crippen molar-refractivity contribution in [3.8, 4) is 5.88 Å². The number of fused-ring (bicyclic) bond motifs is 1. The number of carbonyl (C=O) groups is 1. The van der Waals surface area contributed by atoms with Gasteiger partial charge >= 0.3 is 0 Å². The van der Waals surface area contributed by atoms with Crippen molar-refractivity contribution >= 4 is 22.5 Å². The summed E-state index contributed by atoms with van der Waals surface area (Å²) in [7, 11) is 1.48. The van der Waals surface area contributed by atoms with Gasteiger partial charge in [-0.1, -0.05) is 0 Å². The molecule has 1 amide bonds. The van der Waals surface area contributed by atoms with Gasteiger partial charge in [0.15, 0.2) is 0 Å². The molecule has 0 bridgehead atoms. The second-order valence-corrected chi connectivity index (χ2v) is 4.19. The molecule has 0 saturated heterocycles. The molecule has 0 aliphatic carbocycles. The molecule has 0 fully saturated rings. The second kappa shape index (κ2) is 5.00. The normalized spacial score (nSPS) is 10.4. The number of H-pyrrole nitrogens is 1. The van der Waals surface area contributed by atoms with Gasteiger partial charge in [0.25, 0.3) is 5.91 Å². The fourth-order valence-electron chi connectivity index (χ4n) is 1.94. The molecule has 3 aromatic rings. The number of methoxy groups -OCH3 is 1. The van der Waals surface area contributed by atoms with Crippen molar-refractivity contribution in [3.05, 3.63) is 48.3 Å². The summed E-state index contributed by atoms with van der Waals surface area (Å²) in [6.07, 6.45) is 3.30. The van der Waals surface area contributed by atoms with Gasteiger partial charge in [-0.05, 0) is 30.3 Å². The van der Waals surface area contributed by atoms with Crippen LogP contribution in [-0.2, 0) is 0 Å². The number of aromatic nitrogens is 3. The maximum atomic E-state index is 12.2. The van der Waals surface area contributed by atoms with Crippen LogP contribution < -0.4 is 10.1 Å². The Bertz CT molecular complexity index is 766. The summed E-state index contributed by atoms with van der Waals surface area (Å²) >= 11 is 0. The Balaban J connectivity index is 1.88. The molecule has 3 rings (SSSR count). The molecule has 0 atom stereocenters. The van der Waals surface area contributed by atoms with E-state index >= 15 is 0 Å². The third-order valence-electron chi connectivity index (χ3n) is 2.91. The molecule has 20 heavy (non-hydrogen) atoms. The number of hydrogen-bond donors (Lipinski definition) is 2. The van der Waals surface area contributed by atoms with Crippen LogP contribution in [0.3, 0.4) is 0 Å². The van der Waals surface area contributed by atoms with E-state index in [0.717, 1.165) is 10.9 Å². The molecule has 6 heteroatoms. The summed E-state index contributed by atoms with van der Waals surface area (Å²) in [4.78, 5) is 16.2. The van der Waals surface area contributed by atoms with E-state index in [1.807, 2.05) is 18.2 Å². The number of benzene rings is 1. The lowest BCUT2D eigenvalue weighted by molar-refractivity contribution is 0.102. The Labute approximate surface area is 114 Å². The maximum absolute atomic E-state index is 12.2. The highest BCUT2D eigenvalue weighted by molar-refractivity contribution is 6.06. The Kier molecular flexibility index (Phi) is 3.04. The number of nitrogens with zero attached hydrogens (tertiary/aromatic N) is 2. The van der Waals surface area contributed by atoms with Gasteiger partial charge in [0.2, 0.25) is 5.88 Å². The van der Waals surface area contributed by atoms with Crippen molar-refractivity contribution in [2.24, 2.45) is 0 Å². The van der Waals surface area contributed by atoms with Crippen LogP contribution in [0.25, 0.3) is 10.9 Å². The minimum Gasteiger partial charge on any atom is -0.480 e. The van der Waals surface area contributed by atoms with Crippen LogP contribution in [0.2, 0.25) is 0 Å². The van der Waals surface area contributed by atoms with Crippen LogP contribution in [0.5, 0.6) is 5.88 Å². The molecule has 2 aromatic heterocycles. The van der Waals surface area contributed by atoms with E-state index in [1.165, 1.54) is 7.11 Å². The van der Waals surface area contributed by atoms with E-state index < -0.39 is 0 Å². The topological polar surface area (TPSA) is 79.9 Å². The molecule has 0 aliphatic rings. The lowest BCUT2D eigenvalue weighted by atomic mass is 10.2. The molecule has 0 aliphatic heterocycles. The van der Waals surface area contributed by atoms with Crippen molar-refractivity contribution in [1.82, 2.24) is 15.2 Å². The first-order valence-corrected chi connectivity index (χ1v) is 6.01. The first-order chi connectivity index (χ1) is 9.78. The molecule has 6 nitrogen and oxygen atoms in total. The van der Waals surface area contributed by atoms with Crippen molar-refractivity contribution in [2.75, 3.05) is 12.4 Å². The number of hydrogen-bond acceptors (Lipinski definition) is 4. The van der Waals surface area contributed by atoms with Gasteiger partial charge in [-0.25, -0.2) is 4.98 Å².